The number of benzene rings is 2. The van der Waals surface area contributed by atoms with E-state index in [1.54, 1.807) is 0 Å². The zero-order valence-corrected chi connectivity index (χ0v) is 15.6. The van der Waals surface area contributed by atoms with Crippen LogP contribution in [0.4, 0.5) is 5.69 Å². The fourth-order valence-electron chi connectivity index (χ4n) is 2.31. The molecule has 4 heteroatoms. The standard InChI is InChI=1S/C21H27NO3/c1-15(2)25-19-9-7-6-8-18(19)22-20(23)14-24-17-12-10-16(11-13-17)21(3,4)5/h6-13,15H,14H2,1-5H3,(H,22,23). The Hall–Kier alpha value is -2.49. The van der Waals surface area contributed by atoms with Crippen LogP contribution in [0, 0.1) is 0 Å². The third kappa shape index (κ3) is 5.82. The van der Waals surface area contributed by atoms with E-state index in [1.807, 2.05) is 62.4 Å². The van der Waals surface area contributed by atoms with E-state index in [2.05, 4.69) is 26.1 Å². The van der Waals surface area contributed by atoms with Gasteiger partial charge >= 0.3 is 0 Å². The van der Waals surface area contributed by atoms with Crippen LogP contribution in [0.5, 0.6) is 11.5 Å². The molecule has 0 radical (unpaired) electrons. The van der Waals surface area contributed by atoms with Gasteiger partial charge in [-0.2, -0.15) is 0 Å². The van der Waals surface area contributed by atoms with Gasteiger partial charge in [-0.15, -0.1) is 0 Å². The van der Waals surface area contributed by atoms with Crippen molar-refractivity contribution in [3.05, 3.63) is 54.1 Å². The third-order valence-corrected chi connectivity index (χ3v) is 3.61. The van der Waals surface area contributed by atoms with Crippen LogP contribution in [-0.2, 0) is 10.2 Å². The Balaban J connectivity index is 1.93. The highest BCUT2D eigenvalue weighted by Crippen LogP contribution is 2.26. The average molecular weight is 341 g/mol. The molecule has 2 aromatic rings. The monoisotopic (exact) mass is 341 g/mol. The second kappa shape index (κ2) is 8.06. The summed E-state index contributed by atoms with van der Waals surface area (Å²) in [6.07, 6.45) is 0.0376. The zero-order valence-electron chi connectivity index (χ0n) is 15.6. The molecule has 0 spiro atoms. The number of hydrogen-bond donors (Lipinski definition) is 1. The van der Waals surface area contributed by atoms with Crippen molar-refractivity contribution >= 4 is 11.6 Å². The minimum Gasteiger partial charge on any atom is -0.489 e. The molecule has 1 N–H and O–H groups in total. The molecule has 2 aromatic carbocycles. The van der Waals surface area contributed by atoms with Crippen molar-refractivity contribution < 1.29 is 14.3 Å². The van der Waals surface area contributed by atoms with E-state index in [0.29, 0.717) is 17.2 Å². The molecule has 0 saturated heterocycles. The van der Waals surface area contributed by atoms with Gasteiger partial charge in [-0.1, -0.05) is 45.0 Å². The molecule has 0 saturated carbocycles. The van der Waals surface area contributed by atoms with Crippen molar-refractivity contribution in [2.45, 2.75) is 46.1 Å². The highest BCUT2D eigenvalue weighted by atomic mass is 16.5. The first-order valence-electron chi connectivity index (χ1n) is 8.54. The summed E-state index contributed by atoms with van der Waals surface area (Å²) in [5.74, 6) is 1.11. The number of hydrogen-bond acceptors (Lipinski definition) is 3. The summed E-state index contributed by atoms with van der Waals surface area (Å²) in [4.78, 5) is 12.2. The van der Waals surface area contributed by atoms with Crippen LogP contribution in [-0.4, -0.2) is 18.6 Å². The van der Waals surface area contributed by atoms with Gasteiger partial charge in [0.2, 0.25) is 0 Å². The van der Waals surface area contributed by atoms with Crippen molar-refractivity contribution in [2.75, 3.05) is 11.9 Å². The number of carbonyl (C=O) groups is 1. The van der Waals surface area contributed by atoms with Gasteiger partial charge in [0.05, 0.1) is 11.8 Å². The second-order valence-corrected chi connectivity index (χ2v) is 7.27. The summed E-state index contributed by atoms with van der Waals surface area (Å²) < 4.78 is 11.3. The molecule has 4 nitrogen and oxygen atoms in total. The number of amides is 1. The number of rotatable bonds is 6. The molecule has 0 heterocycles. The number of nitrogens with one attached hydrogen (secondary N) is 1. The maximum atomic E-state index is 12.2. The van der Waals surface area contributed by atoms with Crippen molar-refractivity contribution in [3.8, 4) is 11.5 Å². The number of ether oxygens (including phenoxy) is 2. The Labute approximate surface area is 150 Å². The topological polar surface area (TPSA) is 47.6 Å². The third-order valence-electron chi connectivity index (χ3n) is 3.61. The van der Waals surface area contributed by atoms with Crippen molar-refractivity contribution in [2.24, 2.45) is 0 Å². The van der Waals surface area contributed by atoms with E-state index in [-0.39, 0.29) is 24.0 Å². The Kier molecular flexibility index (Phi) is 6.07. The minimum absolute atomic E-state index is 0.0376. The van der Waals surface area contributed by atoms with Gasteiger partial charge < -0.3 is 14.8 Å². The van der Waals surface area contributed by atoms with Crippen molar-refractivity contribution in [1.82, 2.24) is 0 Å². The molecular formula is C21H27NO3. The van der Waals surface area contributed by atoms with Gasteiger partial charge in [-0.3, -0.25) is 4.79 Å². The molecule has 0 atom stereocenters. The summed E-state index contributed by atoms with van der Waals surface area (Å²) in [6.45, 7) is 10.3. The molecule has 0 unspecified atom stereocenters. The first kappa shape index (κ1) is 18.8. The van der Waals surface area contributed by atoms with Crippen LogP contribution in [0.1, 0.15) is 40.2 Å². The maximum absolute atomic E-state index is 12.2. The van der Waals surface area contributed by atoms with E-state index in [1.165, 1.54) is 5.56 Å². The summed E-state index contributed by atoms with van der Waals surface area (Å²) >= 11 is 0. The lowest BCUT2D eigenvalue weighted by molar-refractivity contribution is -0.118. The van der Waals surface area contributed by atoms with Crippen LogP contribution < -0.4 is 14.8 Å². The van der Waals surface area contributed by atoms with Crippen molar-refractivity contribution in [1.29, 1.82) is 0 Å². The molecule has 0 aliphatic carbocycles. The molecule has 1 amide bonds. The second-order valence-electron chi connectivity index (χ2n) is 7.27. The quantitative estimate of drug-likeness (QED) is 0.822. The van der Waals surface area contributed by atoms with Gasteiger partial charge in [0.1, 0.15) is 11.5 Å². The summed E-state index contributed by atoms with van der Waals surface area (Å²) in [5, 5.41) is 2.83. The van der Waals surface area contributed by atoms with Gasteiger partial charge in [0.15, 0.2) is 6.61 Å². The van der Waals surface area contributed by atoms with Crippen LogP contribution in [0.3, 0.4) is 0 Å². The smallest absolute Gasteiger partial charge is 0.262 e. The van der Waals surface area contributed by atoms with Crippen LogP contribution in [0.2, 0.25) is 0 Å². The van der Waals surface area contributed by atoms with E-state index in [9.17, 15) is 4.79 Å². The Morgan fingerprint density at radius 2 is 1.68 bits per heavy atom. The highest BCUT2D eigenvalue weighted by molar-refractivity contribution is 5.93. The fraction of sp³-hybridized carbons (Fsp3) is 0.381. The first-order chi connectivity index (χ1) is 11.8. The largest absolute Gasteiger partial charge is 0.489 e. The molecule has 2 rings (SSSR count). The van der Waals surface area contributed by atoms with E-state index in [4.69, 9.17) is 9.47 Å². The van der Waals surface area contributed by atoms with Crippen molar-refractivity contribution in [3.63, 3.8) is 0 Å². The van der Waals surface area contributed by atoms with E-state index < -0.39 is 0 Å². The lowest BCUT2D eigenvalue weighted by Gasteiger charge is -2.19. The molecule has 0 aromatic heterocycles. The average Bonchev–Trinajstić information content (AvgIpc) is 2.54. The van der Waals surface area contributed by atoms with E-state index >= 15 is 0 Å². The first-order valence-corrected chi connectivity index (χ1v) is 8.54. The highest BCUT2D eigenvalue weighted by Gasteiger charge is 2.13. The fourth-order valence-corrected chi connectivity index (χ4v) is 2.31. The van der Waals surface area contributed by atoms with Gasteiger partial charge in [0.25, 0.3) is 5.91 Å². The summed E-state index contributed by atoms with van der Waals surface area (Å²) in [7, 11) is 0. The van der Waals surface area contributed by atoms with Gasteiger partial charge in [0, 0.05) is 0 Å². The summed E-state index contributed by atoms with van der Waals surface area (Å²) in [6, 6.07) is 15.2. The summed E-state index contributed by atoms with van der Waals surface area (Å²) in [5.41, 5.74) is 1.97. The van der Waals surface area contributed by atoms with Gasteiger partial charge in [-0.05, 0) is 49.1 Å². The molecule has 0 bridgehead atoms. The van der Waals surface area contributed by atoms with Crippen LogP contribution in [0.15, 0.2) is 48.5 Å². The number of anilines is 1. The van der Waals surface area contributed by atoms with E-state index in [0.717, 1.165) is 0 Å². The predicted octanol–water partition coefficient (Wildman–Crippen LogP) is 4.79. The Bertz CT molecular complexity index is 700. The lowest BCUT2D eigenvalue weighted by Crippen LogP contribution is -2.21. The Morgan fingerprint density at radius 1 is 1.04 bits per heavy atom. The zero-order chi connectivity index (χ0) is 18.4. The van der Waals surface area contributed by atoms with Crippen LogP contribution >= 0.6 is 0 Å². The SMILES string of the molecule is CC(C)Oc1ccccc1NC(=O)COc1ccc(C(C)(C)C)cc1. The predicted molar refractivity (Wildman–Crippen MR) is 101 cm³/mol. The normalized spacial score (nSPS) is 11.3. The Morgan fingerprint density at radius 3 is 2.28 bits per heavy atom. The molecular weight excluding hydrogens is 314 g/mol. The molecule has 0 aliphatic rings. The molecule has 0 aliphatic heterocycles. The number of para-hydroxylation sites is 2. The lowest BCUT2D eigenvalue weighted by atomic mass is 9.87. The molecule has 0 fully saturated rings. The van der Waals surface area contributed by atoms with Crippen LogP contribution in [0.25, 0.3) is 0 Å². The van der Waals surface area contributed by atoms with Gasteiger partial charge in [-0.25, -0.2) is 0 Å². The molecule has 25 heavy (non-hydrogen) atoms. The number of carbonyl (C=O) groups excluding carboxylic acids is 1. The minimum atomic E-state index is -0.222. The maximum Gasteiger partial charge on any atom is 0.262 e. The molecule has 134 valence electrons.